The maximum Gasteiger partial charge on any atom is 0.264 e. The van der Waals surface area contributed by atoms with E-state index in [0.29, 0.717) is 59.6 Å². The molecule has 0 aliphatic carbocycles. The number of benzene rings is 2. The zero-order valence-electron chi connectivity index (χ0n) is 26.9. The molecule has 5 heterocycles. The lowest BCUT2D eigenvalue weighted by Gasteiger charge is -2.39. The Labute approximate surface area is 276 Å². The number of anilines is 2. The Kier molecular flexibility index (Phi) is 7.80. The number of carbonyl (C=O) groups is 2. The average molecular weight is 642 g/mol. The average Bonchev–Trinajstić information content (AvgIpc) is 3.61. The summed E-state index contributed by atoms with van der Waals surface area (Å²) >= 11 is 0. The lowest BCUT2D eigenvalue weighted by atomic mass is 9.93. The van der Waals surface area contributed by atoms with Crippen LogP contribution in [0.2, 0.25) is 0 Å². The molecule has 2 amide bonds. The standard InChI is InChI=1S/C36H35N9O3/c1-4-29(46)43-20-26(21-43)32-25(19-39-42(32)3)15-14-23-10-8-11-24-18-28(45(36(48)30(23)24)27-12-6-5-7-13-27)22(2)40-35(47)31-33(37)41-44-17-9-16-38-34(31)44/h5-13,17-19,22,26,38H,4,16,20-21H2,1-3H3,(H2,37,41)(H,40,47)/t22-/m0/s1. The van der Waals surface area contributed by atoms with E-state index in [2.05, 4.69) is 32.7 Å². The minimum absolute atomic E-state index is 0.108. The second-order valence-corrected chi connectivity index (χ2v) is 12.0. The third-order valence-electron chi connectivity index (χ3n) is 8.92. The fourth-order valence-electron chi connectivity index (χ4n) is 6.49. The number of fused-ring (bicyclic) bond motifs is 2. The highest BCUT2D eigenvalue weighted by atomic mass is 16.2. The first kappa shape index (κ1) is 30.6. The molecule has 12 heteroatoms. The summed E-state index contributed by atoms with van der Waals surface area (Å²) < 4.78 is 4.98. The molecule has 3 aromatic heterocycles. The second-order valence-electron chi connectivity index (χ2n) is 12.0. The van der Waals surface area contributed by atoms with Crippen LogP contribution in [0.4, 0.5) is 11.6 Å². The number of aryl methyl sites for hydroxylation is 1. The maximum absolute atomic E-state index is 14.5. The van der Waals surface area contributed by atoms with Crippen molar-refractivity contribution in [2.24, 2.45) is 7.05 Å². The molecule has 2 aliphatic rings. The van der Waals surface area contributed by atoms with Crippen molar-refractivity contribution in [3.05, 3.63) is 105 Å². The highest BCUT2D eigenvalue weighted by Crippen LogP contribution is 2.30. The zero-order valence-corrected chi connectivity index (χ0v) is 26.9. The summed E-state index contributed by atoms with van der Waals surface area (Å²) in [5.74, 6) is 7.04. The normalized spacial score (nSPS) is 14.4. The molecule has 48 heavy (non-hydrogen) atoms. The molecule has 0 unspecified atom stereocenters. The highest BCUT2D eigenvalue weighted by molar-refractivity contribution is 6.04. The topological polar surface area (TPSA) is 145 Å². The quantitative estimate of drug-likeness (QED) is 0.240. The van der Waals surface area contributed by atoms with Crippen LogP contribution in [0.25, 0.3) is 22.7 Å². The van der Waals surface area contributed by atoms with E-state index < -0.39 is 11.9 Å². The van der Waals surface area contributed by atoms with Crippen LogP contribution in [-0.4, -0.2) is 60.5 Å². The van der Waals surface area contributed by atoms with Gasteiger partial charge in [-0.25, -0.2) is 4.68 Å². The number of amides is 2. The fraction of sp³-hybridized carbons (Fsp3) is 0.250. The predicted octanol–water partition coefficient (Wildman–Crippen LogP) is 3.63. The van der Waals surface area contributed by atoms with Gasteiger partial charge >= 0.3 is 0 Å². The van der Waals surface area contributed by atoms with Crippen LogP contribution in [0.1, 0.15) is 65.1 Å². The molecule has 1 fully saturated rings. The van der Waals surface area contributed by atoms with Crippen LogP contribution in [-0.2, 0) is 11.8 Å². The molecule has 0 bridgehead atoms. The monoisotopic (exact) mass is 641 g/mol. The number of nitrogens with zero attached hydrogens (tertiary/aromatic N) is 6. The van der Waals surface area contributed by atoms with Crippen molar-refractivity contribution >= 4 is 40.4 Å². The number of rotatable bonds is 6. The summed E-state index contributed by atoms with van der Waals surface area (Å²) in [6.07, 6.45) is 5.85. The zero-order chi connectivity index (χ0) is 33.5. The molecule has 1 atom stereocenters. The minimum Gasteiger partial charge on any atom is -0.381 e. The highest BCUT2D eigenvalue weighted by Gasteiger charge is 2.34. The van der Waals surface area contributed by atoms with Gasteiger partial charge in [0, 0.05) is 62.2 Å². The smallest absolute Gasteiger partial charge is 0.264 e. The van der Waals surface area contributed by atoms with Crippen LogP contribution in [0.15, 0.2) is 71.7 Å². The van der Waals surface area contributed by atoms with Gasteiger partial charge < -0.3 is 21.3 Å². The molecule has 0 spiro atoms. The van der Waals surface area contributed by atoms with E-state index >= 15 is 0 Å². The van der Waals surface area contributed by atoms with E-state index in [1.54, 1.807) is 21.6 Å². The number of aromatic nitrogens is 5. The van der Waals surface area contributed by atoms with Gasteiger partial charge in [-0.15, -0.1) is 5.10 Å². The third kappa shape index (κ3) is 5.29. The molecule has 12 nitrogen and oxygen atoms in total. The lowest BCUT2D eigenvalue weighted by Crippen LogP contribution is -2.49. The summed E-state index contributed by atoms with van der Waals surface area (Å²) in [5.41, 5.74) is 9.71. The van der Waals surface area contributed by atoms with E-state index in [4.69, 9.17) is 5.73 Å². The van der Waals surface area contributed by atoms with Crippen molar-refractivity contribution in [3.8, 4) is 17.5 Å². The van der Waals surface area contributed by atoms with Crippen LogP contribution in [0.3, 0.4) is 0 Å². The summed E-state index contributed by atoms with van der Waals surface area (Å²) in [6.45, 7) is 5.52. The van der Waals surface area contributed by atoms with Crippen LogP contribution >= 0.6 is 0 Å². The fourth-order valence-corrected chi connectivity index (χ4v) is 6.49. The molecule has 242 valence electrons. The van der Waals surface area contributed by atoms with Crippen molar-refractivity contribution in [3.63, 3.8) is 0 Å². The van der Waals surface area contributed by atoms with Crippen LogP contribution in [0.5, 0.6) is 0 Å². The molecule has 2 aliphatic heterocycles. The van der Waals surface area contributed by atoms with Crippen molar-refractivity contribution in [1.82, 2.24) is 34.3 Å². The predicted molar refractivity (Wildman–Crippen MR) is 185 cm³/mol. The molecular formula is C36H35N9O3. The van der Waals surface area contributed by atoms with Gasteiger partial charge in [0.2, 0.25) is 5.91 Å². The Morgan fingerprint density at radius 2 is 1.88 bits per heavy atom. The number of nitrogen functional groups attached to an aromatic ring is 1. The van der Waals surface area contributed by atoms with Gasteiger partial charge in [-0.3, -0.25) is 23.6 Å². The first-order chi connectivity index (χ1) is 23.2. The molecule has 2 aromatic carbocycles. The van der Waals surface area contributed by atoms with Gasteiger partial charge in [0.25, 0.3) is 11.5 Å². The molecule has 4 N–H and O–H groups in total. The molecule has 0 saturated carbocycles. The van der Waals surface area contributed by atoms with Crippen molar-refractivity contribution in [2.45, 2.75) is 32.2 Å². The molecule has 0 radical (unpaired) electrons. The van der Waals surface area contributed by atoms with Gasteiger partial charge in [-0.1, -0.05) is 49.1 Å². The van der Waals surface area contributed by atoms with E-state index in [1.165, 1.54) is 0 Å². The van der Waals surface area contributed by atoms with Gasteiger partial charge in [0.1, 0.15) is 11.4 Å². The Hall–Kier alpha value is -6.09. The summed E-state index contributed by atoms with van der Waals surface area (Å²) in [6, 6.07) is 16.2. The van der Waals surface area contributed by atoms with E-state index in [1.807, 2.05) is 91.2 Å². The maximum atomic E-state index is 14.5. The van der Waals surface area contributed by atoms with Crippen molar-refractivity contribution in [1.29, 1.82) is 0 Å². The number of hydrogen-bond donors (Lipinski definition) is 3. The van der Waals surface area contributed by atoms with E-state index in [9.17, 15) is 14.4 Å². The SMILES string of the molecule is CCC(=O)N1CC(c2c(C#Cc3cccc4cc([C@H](C)NC(=O)c5c(N)nn6c5NCC=C6)n(-c5ccccc5)c(=O)c34)cnn2C)C1. The summed E-state index contributed by atoms with van der Waals surface area (Å²) in [7, 11) is 1.88. The number of para-hydroxylation sites is 1. The number of likely N-dealkylation sites (tertiary alicyclic amines) is 1. The molecular weight excluding hydrogens is 606 g/mol. The Morgan fingerprint density at radius 3 is 2.65 bits per heavy atom. The third-order valence-corrected chi connectivity index (χ3v) is 8.92. The number of hydrogen-bond acceptors (Lipinski definition) is 7. The minimum atomic E-state index is -0.585. The number of nitrogens with two attached hydrogens (primary N) is 1. The molecule has 5 aromatic rings. The first-order valence-electron chi connectivity index (χ1n) is 15.9. The Morgan fingerprint density at radius 1 is 1.10 bits per heavy atom. The number of pyridine rings is 1. The number of carbonyl (C=O) groups excluding carboxylic acids is 2. The van der Waals surface area contributed by atoms with Crippen molar-refractivity contribution in [2.75, 3.05) is 30.7 Å². The first-order valence-corrected chi connectivity index (χ1v) is 15.9. The lowest BCUT2D eigenvalue weighted by molar-refractivity contribution is -0.135. The van der Waals surface area contributed by atoms with E-state index in [-0.39, 0.29) is 28.8 Å². The summed E-state index contributed by atoms with van der Waals surface area (Å²) in [4.78, 5) is 42.0. The van der Waals surface area contributed by atoms with Crippen molar-refractivity contribution < 1.29 is 9.59 Å². The van der Waals surface area contributed by atoms with Crippen LogP contribution < -0.4 is 21.9 Å². The molecule has 1 saturated heterocycles. The van der Waals surface area contributed by atoms with Gasteiger partial charge in [0.05, 0.1) is 28.9 Å². The van der Waals surface area contributed by atoms with Crippen LogP contribution in [0, 0.1) is 11.8 Å². The van der Waals surface area contributed by atoms with Gasteiger partial charge in [-0.05, 0) is 42.7 Å². The Bertz CT molecular complexity index is 2230. The molecule has 7 rings (SSSR count). The van der Waals surface area contributed by atoms with Gasteiger partial charge in [-0.2, -0.15) is 5.10 Å². The number of nitrogens with one attached hydrogen (secondary N) is 2. The van der Waals surface area contributed by atoms with E-state index in [0.717, 1.165) is 11.3 Å². The summed E-state index contributed by atoms with van der Waals surface area (Å²) in [5, 5.41) is 16.1. The Balaban J connectivity index is 1.27. The second kappa shape index (κ2) is 12.3. The van der Waals surface area contributed by atoms with Gasteiger partial charge in [0.15, 0.2) is 5.82 Å². The largest absolute Gasteiger partial charge is 0.381 e.